The summed E-state index contributed by atoms with van der Waals surface area (Å²) in [6, 6.07) is 0. The molecule has 0 unspecified atom stereocenters. The minimum absolute atomic E-state index is 0.698. The molecule has 1 aliphatic heterocycles. The van der Waals surface area contributed by atoms with Crippen LogP contribution in [0.15, 0.2) is 5.38 Å². The Kier molecular flexibility index (Phi) is 6.42. The quantitative estimate of drug-likeness (QED) is 0.870. The molecule has 20 heavy (non-hydrogen) atoms. The van der Waals surface area contributed by atoms with Gasteiger partial charge in [-0.25, -0.2) is 4.98 Å². The first-order chi connectivity index (χ1) is 9.63. The van der Waals surface area contributed by atoms with Crippen molar-refractivity contribution in [2.75, 3.05) is 39.8 Å². The lowest BCUT2D eigenvalue weighted by molar-refractivity contribution is 0.267. The highest BCUT2D eigenvalue weighted by Gasteiger charge is 2.13. The maximum atomic E-state index is 4.75. The monoisotopic (exact) mass is 296 g/mol. The van der Waals surface area contributed by atoms with E-state index in [-0.39, 0.29) is 0 Å². The normalized spacial score (nSPS) is 18.6. The van der Waals surface area contributed by atoms with Crippen molar-refractivity contribution in [1.29, 1.82) is 0 Å². The third kappa shape index (κ3) is 5.48. The molecule has 0 aromatic carbocycles. The van der Waals surface area contributed by atoms with E-state index in [1.165, 1.54) is 36.8 Å². The van der Waals surface area contributed by atoms with Gasteiger partial charge in [0.05, 0.1) is 5.69 Å². The Bertz CT molecular complexity index is 391. The molecule has 0 amide bonds. The molecule has 0 spiro atoms. The van der Waals surface area contributed by atoms with E-state index in [0.717, 1.165) is 26.2 Å². The molecule has 114 valence electrons. The predicted octanol–water partition coefficient (Wildman–Crippen LogP) is 2.03. The van der Waals surface area contributed by atoms with Crippen LogP contribution in [0.3, 0.4) is 0 Å². The molecule has 1 aliphatic rings. The SMILES string of the molecule is CC(C)CNCc1nc(CN2CCCN(C)CC2)cs1. The van der Waals surface area contributed by atoms with Gasteiger partial charge in [0.1, 0.15) is 5.01 Å². The summed E-state index contributed by atoms with van der Waals surface area (Å²) in [5.74, 6) is 0.698. The lowest BCUT2D eigenvalue weighted by Gasteiger charge is -2.18. The lowest BCUT2D eigenvalue weighted by atomic mass is 10.2. The van der Waals surface area contributed by atoms with Crippen LogP contribution in [0, 0.1) is 5.92 Å². The van der Waals surface area contributed by atoms with Crippen molar-refractivity contribution in [3.8, 4) is 0 Å². The van der Waals surface area contributed by atoms with Crippen LogP contribution in [-0.4, -0.2) is 54.6 Å². The summed E-state index contributed by atoms with van der Waals surface area (Å²) >= 11 is 1.78. The molecule has 1 fully saturated rings. The largest absolute Gasteiger partial charge is 0.310 e. The van der Waals surface area contributed by atoms with Gasteiger partial charge in [-0.3, -0.25) is 4.90 Å². The molecule has 2 heterocycles. The van der Waals surface area contributed by atoms with Gasteiger partial charge in [0, 0.05) is 31.6 Å². The van der Waals surface area contributed by atoms with Crippen LogP contribution in [0.2, 0.25) is 0 Å². The number of hydrogen-bond acceptors (Lipinski definition) is 5. The molecule has 0 bridgehead atoms. The second-order valence-electron chi connectivity index (χ2n) is 6.19. The minimum Gasteiger partial charge on any atom is -0.310 e. The van der Waals surface area contributed by atoms with Crippen molar-refractivity contribution in [1.82, 2.24) is 20.1 Å². The Morgan fingerprint density at radius 1 is 1.30 bits per heavy atom. The predicted molar refractivity (Wildman–Crippen MR) is 86.0 cm³/mol. The Labute approximate surface area is 127 Å². The summed E-state index contributed by atoms with van der Waals surface area (Å²) in [6.07, 6.45) is 1.27. The van der Waals surface area contributed by atoms with Crippen molar-refractivity contribution in [2.45, 2.75) is 33.4 Å². The average molecular weight is 296 g/mol. The number of nitrogens with one attached hydrogen (secondary N) is 1. The first-order valence-electron chi connectivity index (χ1n) is 7.68. The summed E-state index contributed by atoms with van der Waals surface area (Å²) in [5.41, 5.74) is 1.24. The van der Waals surface area contributed by atoms with Crippen LogP contribution >= 0.6 is 11.3 Å². The smallest absolute Gasteiger partial charge is 0.107 e. The van der Waals surface area contributed by atoms with Crippen LogP contribution in [0.1, 0.15) is 31.0 Å². The zero-order chi connectivity index (χ0) is 14.4. The summed E-state index contributed by atoms with van der Waals surface area (Å²) in [4.78, 5) is 9.70. The van der Waals surface area contributed by atoms with Gasteiger partial charge in [-0.15, -0.1) is 11.3 Å². The van der Waals surface area contributed by atoms with Crippen LogP contribution < -0.4 is 5.32 Å². The van der Waals surface area contributed by atoms with Gasteiger partial charge in [0.15, 0.2) is 0 Å². The number of thiazole rings is 1. The number of hydrogen-bond donors (Lipinski definition) is 1. The molecule has 2 rings (SSSR count). The van der Waals surface area contributed by atoms with E-state index in [0.29, 0.717) is 5.92 Å². The van der Waals surface area contributed by atoms with Gasteiger partial charge in [0.25, 0.3) is 0 Å². The van der Waals surface area contributed by atoms with Gasteiger partial charge in [0.2, 0.25) is 0 Å². The summed E-state index contributed by atoms with van der Waals surface area (Å²) in [6.45, 7) is 12.2. The summed E-state index contributed by atoms with van der Waals surface area (Å²) < 4.78 is 0. The summed E-state index contributed by atoms with van der Waals surface area (Å²) in [7, 11) is 2.21. The van der Waals surface area contributed by atoms with E-state index in [2.05, 4.69) is 41.4 Å². The van der Waals surface area contributed by atoms with E-state index in [4.69, 9.17) is 4.98 Å². The van der Waals surface area contributed by atoms with Crippen molar-refractivity contribution < 1.29 is 0 Å². The molecule has 1 N–H and O–H groups in total. The molecular weight excluding hydrogens is 268 g/mol. The maximum Gasteiger partial charge on any atom is 0.107 e. The van der Waals surface area contributed by atoms with Crippen LogP contribution in [0.25, 0.3) is 0 Å². The third-order valence-corrected chi connectivity index (χ3v) is 4.52. The topological polar surface area (TPSA) is 31.4 Å². The number of aromatic nitrogens is 1. The van der Waals surface area contributed by atoms with E-state index < -0.39 is 0 Å². The number of nitrogens with zero attached hydrogens (tertiary/aromatic N) is 3. The average Bonchev–Trinajstić information content (AvgIpc) is 2.72. The molecule has 1 aromatic heterocycles. The molecule has 5 heteroatoms. The van der Waals surface area contributed by atoms with Gasteiger partial charge >= 0.3 is 0 Å². The molecule has 0 radical (unpaired) electrons. The zero-order valence-electron chi connectivity index (χ0n) is 13.1. The van der Waals surface area contributed by atoms with E-state index in [1.807, 2.05) is 0 Å². The number of likely N-dealkylation sites (N-methyl/N-ethyl adjacent to an activating group) is 1. The lowest BCUT2D eigenvalue weighted by Crippen LogP contribution is -2.28. The Morgan fingerprint density at radius 2 is 2.15 bits per heavy atom. The molecule has 0 aliphatic carbocycles. The second-order valence-corrected chi connectivity index (χ2v) is 7.13. The molecule has 4 nitrogen and oxygen atoms in total. The van der Waals surface area contributed by atoms with E-state index >= 15 is 0 Å². The standard InChI is InChI=1S/C15H28N4S/c1-13(2)9-16-10-15-17-14(12-20-15)11-19-6-4-5-18(3)7-8-19/h12-13,16H,4-11H2,1-3H3. The van der Waals surface area contributed by atoms with Crippen molar-refractivity contribution in [3.05, 3.63) is 16.1 Å². The Morgan fingerprint density at radius 3 is 2.95 bits per heavy atom. The molecule has 1 saturated heterocycles. The fourth-order valence-corrected chi connectivity index (χ4v) is 3.21. The van der Waals surface area contributed by atoms with Gasteiger partial charge in [-0.1, -0.05) is 13.8 Å². The highest BCUT2D eigenvalue weighted by molar-refractivity contribution is 7.09. The third-order valence-electron chi connectivity index (χ3n) is 3.63. The van der Waals surface area contributed by atoms with E-state index in [1.54, 1.807) is 11.3 Å². The van der Waals surface area contributed by atoms with Crippen LogP contribution in [0.5, 0.6) is 0 Å². The van der Waals surface area contributed by atoms with Crippen LogP contribution in [-0.2, 0) is 13.1 Å². The van der Waals surface area contributed by atoms with Crippen molar-refractivity contribution in [3.63, 3.8) is 0 Å². The minimum atomic E-state index is 0.698. The van der Waals surface area contributed by atoms with Gasteiger partial charge in [-0.05, 0) is 39.0 Å². The molecule has 0 saturated carbocycles. The van der Waals surface area contributed by atoms with Crippen molar-refractivity contribution >= 4 is 11.3 Å². The second kappa shape index (κ2) is 8.08. The van der Waals surface area contributed by atoms with Crippen molar-refractivity contribution in [2.24, 2.45) is 5.92 Å². The van der Waals surface area contributed by atoms with Crippen LogP contribution in [0.4, 0.5) is 0 Å². The van der Waals surface area contributed by atoms with Gasteiger partial charge < -0.3 is 10.2 Å². The first-order valence-corrected chi connectivity index (χ1v) is 8.56. The maximum absolute atomic E-state index is 4.75. The number of rotatable bonds is 6. The fraction of sp³-hybridized carbons (Fsp3) is 0.800. The summed E-state index contributed by atoms with van der Waals surface area (Å²) in [5, 5.41) is 6.90. The van der Waals surface area contributed by atoms with Gasteiger partial charge in [-0.2, -0.15) is 0 Å². The Hall–Kier alpha value is -0.490. The first kappa shape index (κ1) is 15.9. The molecule has 1 aromatic rings. The van der Waals surface area contributed by atoms with E-state index in [9.17, 15) is 0 Å². The highest BCUT2D eigenvalue weighted by Crippen LogP contribution is 2.13. The fourth-order valence-electron chi connectivity index (χ4n) is 2.46. The highest BCUT2D eigenvalue weighted by atomic mass is 32.1. The zero-order valence-corrected chi connectivity index (χ0v) is 13.9. The molecule has 0 atom stereocenters. The molecular formula is C15H28N4S. The Balaban J connectivity index is 1.77.